The van der Waals surface area contributed by atoms with Crippen LogP contribution in [0.1, 0.15) is 34.9 Å². The lowest BCUT2D eigenvalue weighted by atomic mass is 9.96. The Kier molecular flexibility index (Phi) is 4.52. The Balaban J connectivity index is 1.77. The number of ether oxygens (including phenoxy) is 1. The largest absolute Gasteiger partial charge is 0.371 e. The number of rotatable bonds is 3. The van der Waals surface area contributed by atoms with Crippen LogP contribution < -0.4 is 10.9 Å². The Morgan fingerprint density at radius 3 is 2.87 bits per heavy atom. The van der Waals surface area contributed by atoms with E-state index in [1.165, 1.54) is 10.6 Å². The lowest BCUT2D eigenvalue weighted by Crippen LogP contribution is -2.43. The molecule has 2 atom stereocenters. The molecule has 2 aromatic rings. The molecular formula is C17H19N3O3. The monoisotopic (exact) mass is 313 g/mol. The van der Waals surface area contributed by atoms with Gasteiger partial charge in [0.05, 0.1) is 6.04 Å². The lowest BCUT2D eigenvalue weighted by molar-refractivity contribution is -0.00950. The predicted octanol–water partition coefficient (Wildman–Crippen LogP) is 1.43. The van der Waals surface area contributed by atoms with Crippen LogP contribution in [0, 0.1) is 0 Å². The number of aryl methyl sites for hydroxylation is 1. The second-order valence-electron chi connectivity index (χ2n) is 5.66. The van der Waals surface area contributed by atoms with E-state index >= 15 is 0 Å². The Morgan fingerprint density at radius 2 is 2.13 bits per heavy atom. The molecule has 6 nitrogen and oxygen atoms in total. The zero-order chi connectivity index (χ0) is 16.2. The third-order valence-corrected chi connectivity index (χ3v) is 4.04. The number of amides is 1. The van der Waals surface area contributed by atoms with Gasteiger partial charge in [0, 0.05) is 43.9 Å². The lowest BCUT2D eigenvalue weighted by Gasteiger charge is -2.32. The number of carbonyl (C=O) groups is 1. The molecule has 2 aromatic heterocycles. The summed E-state index contributed by atoms with van der Waals surface area (Å²) in [6, 6.07) is 6.66. The molecule has 1 N–H and O–H groups in total. The Bertz CT molecular complexity index is 742. The van der Waals surface area contributed by atoms with Gasteiger partial charge in [0.15, 0.2) is 0 Å². The zero-order valence-corrected chi connectivity index (χ0v) is 12.9. The molecule has 23 heavy (non-hydrogen) atoms. The van der Waals surface area contributed by atoms with Crippen molar-refractivity contribution in [2.24, 2.45) is 7.05 Å². The van der Waals surface area contributed by atoms with Gasteiger partial charge in [-0.15, -0.1) is 0 Å². The summed E-state index contributed by atoms with van der Waals surface area (Å²) in [5.74, 6) is -0.253. The molecule has 0 bridgehead atoms. The van der Waals surface area contributed by atoms with E-state index in [1.807, 2.05) is 12.1 Å². The van der Waals surface area contributed by atoms with Crippen molar-refractivity contribution >= 4 is 5.91 Å². The molecule has 0 saturated carbocycles. The minimum Gasteiger partial charge on any atom is -0.371 e. The second kappa shape index (κ2) is 6.75. The van der Waals surface area contributed by atoms with Crippen molar-refractivity contribution in [1.29, 1.82) is 0 Å². The van der Waals surface area contributed by atoms with Gasteiger partial charge in [-0.1, -0.05) is 0 Å². The van der Waals surface area contributed by atoms with E-state index < -0.39 is 0 Å². The van der Waals surface area contributed by atoms with Gasteiger partial charge in [-0.2, -0.15) is 0 Å². The first-order valence-corrected chi connectivity index (χ1v) is 7.64. The first-order chi connectivity index (χ1) is 11.1. The first kappa shape index (κ1) is 15.4. The summed E-state index contributed by atoms with van der Waals surface area (Å²) in [5.41, 5.74) is 1.16. The van der Waals surface area contributed by atoms with Crippen LogP contribution in [0.25, 0.3) is 0 Å². The molecular weight excluding hydrogens is 294 g/mol. The van der Waals surface area contributed by atoms with E-state index in [0.717, 1.165) is 18.4 Å². The number of hydrogen-bond donors (Lipinski definition) is 1. The number of aromatic nitrogens is 2. The minimum absolute atomic E-state index is 0.122. The molecule has 0 aromatic carbocycles. The van der Waals surface area contributed by atoms with E-state index in [0.29, 0.717) is 12.2 Å². The predicted molar refractivity (Wildman–Crippen MR) is 85.1 cm³/mol. The van der Waals surface area contributed by atoms with Gasteiger partial charge in [0.2, 0.25) is 0 Å². The molecule has 1 aliphatic heterocycles. The zero-order valence-electron chi connectivity index (χ0n) is 12.9. The van der Waals surface area contributed by atoms with Crippen LogP contribution in [-0.4, -0.2) is 28.1 Å². The van der Waals surface area contributed by atoms with Gasteiger partial charge < -0.3 is 14.6 Å². The topological polar surface area (TPSA) is 73.2 Å². The Labute approximate surface area is 134 Å². The summed E-state index contributed by atoms with van der Waals surface area (Å²) in [6.45, 7) is 0.672. The van der Waals surface area contributed by atoms with Crippen LogP contribution in [-0.2, 0) is 11.8 Å². The van der Waals surface area contributed by atoms with Gasteiger partial charge in [-0.25, -0.2) is 0 Å². The van der Waals surface area contributed by atoms with Crippen LogP contribution in [0.15, 0.2) is 47.7 Å². The third kappa shape index (κ3) is 3.48. The normalized spacial score (nSPS) is 20.9. The van der Waals surface area contributed by atoms with Gasteiger partial charge in [0.1, 0.15) is 6.10 Å². The number of nitrogens with one attached hydrogen (secondary N) is 1. The Hall–Kier alpha value is -2.47. The Morgan fingerprint density at radius 1 is 1.35 bits per heavy atom. The molecule has 1 saturated heterocycles. The summed E-state index contributed by atoms with van der Waals surface area (Å²) in [7, 11) is 1.65. The van der Waals surface area contributed by atoms with Crippen LogP contribution in [0.4, 0.5) is 0 Å². The molecule has 3 heterocycles. The van der Waals surface area contributed by atoms with Gasteiger partial charge in [0.25, 0.3) is 11.5 Å². The van der Waals surface area contributed by atoms with Gasteiger partial charge in [-0.05, 0) is 36.6 Å². The molecule has 3 rings (SSSR count). The van der Waals surface area contributed by atoms with Crippen molar-refractivity contribution in [3.8, 4) is 0 Å². The van der Waals surface area contributed by atoms with Crippen molar-refractivity contribution in [2.75, 3.05) is 6.61 Å². The minimum atomic E-state index is -0.253. The maximum Gasteiger partial charge on any atom is 0.251 e. The van der Waals surface area contributed by atoms with E-state index in [4.69, 9.17) is 4.74 Å². The fourth-order valence-corrected chi connectivity index (χ4v) is 2.75. The molecule has 120 valence electrons. The SMILES string of the molecule is Cn1ccc(C(=O)N[C@H]2CCCO[C@@H]2c2ccncc2)cc1=O. The first-order valence-electron chi connectivity index (χ1n) is 7.64. The molecule has 0 spiro atoms. The van der Waals surface area contributed by atoms with E-state index in [9.17, 15) is 9.59 Å². The standard InChI is InChI=1S/C17H19N3O3/c1-20-9-6-13(11-15(20)21)17(22)19-14-3-2-10-23-16(14)12-4-7-18-8-5-12/h4-9,11,14,16H,2-3,10H2,1H3,(H,19,22)/t14-,16+/m0/s1. The van der Waals surface area contributed by atoms with E-state index in [2.05, 4.69) is 10.3 Å². The van der Waals surface area contributed by atoms with Crippen molar-refractivity contribution in [3.63, 3.8) is 0 Å². The number of pyridine rings is 2. The third-order valence-electron chi connectivity index (χ3n) is 4.04. The summed E-state index contributed by atoms with van der Waals surface area (Å²) >= 11 is 0. The molecule has 6 heteroatoms. The fourth-order valence-electron chi connectivity index (χ4n) is 2.75. The van der Waals surface area contributed by atoms with Crippen molar-refractivity contribution < 1.29 is 9.53 Å². The molecule has 0 aliphatic carbocycles. The average Bonchev–Trinajstić information content (AvgIpc) is 2.58. The molecule has 0 radical (unpaired) electrons. The van der Waals surface area contributed by atoms with Gasteiger partial charge >= 0.3 is 0 Å². The smallest absolute Gasteiger partial charge is 0.251 e. The highest BCUT2D eigenvalue weighted by atomic mass is 16.5. The maximum absolute atomic E-state index is 12.4. The molecule has 1 aliphatic rings. The highest BCUT2D eigenvalue weighted by molar-refractivity contribution is 5.94. The van der Waals surface area contributed by atoms with Crippen LogP contribution >= 0.6 is 0 Å². The summed E-state index contributed by atoms with van der Waals surface area (Å²) in [4.78, 5) is 28.1. The number of hydrogen-bond acceptors (Lipinski definition) is 4. The maximum atomic E-state index is 12.4. The average molecular weight is 313 g/mol. The van der Waals surface area contributed by atoms with Crippen LogP contribution in [0.5, 0.6) is 0 Å². The van der Waals surface area contributed by atoms with Crippen molar-refractivity contribution in [3.05, 3.63) is 64.3 Å². The fraction of sp³-hybridized carbons (Fsp3) is 0.353. The van der Waals surface area contributed by atoms with Crippen LogP contribution in [0.2, 0.25) is 0 Å². The van der Waals surface area contributed by atoms with Crippen LogP contribution in [0.3, 0.4) is 0 Å². The highest BCUT2D eigenvalue weighted by Crippen LogP contribution is 2.28. The van der Waals surface area contributed by atoms with E-state index in [1.54, 1.807) is 31.7 Å². The number of nitrogens with zero attached hydrogens (tertiary/aromatic N) is 2. The van der Waals surface area contributed by atoms with Crippen molar-refractivity contribution in [1.82, 2.24) is 14.9 Å². The second-order valence-corrected chi connectivity index (χ2v) is 5.66. The van der Waals surface area contributed by atoms with E-state index in [-0.39, 0.29) is 23.6 Å². The van der Waals surface area contributed by atoms with Gasteiger partial charge in [-0.3, -0.25) is 14.6 Å². The number of carbonyl (C=O) groups excluding carboxylic acids is 1. The summed E-state index contributed by atoms with van der Waals surface area (Å²) in [6.07, 6.45) is 6.56. The van der Waals surface area contributed by atoms with Crippen molar-refractivity contribution in [2.45, 2.75) is 25.0 Å². The summed E-state index contributed by atoms with van der Waals surface area (Å²) in [5, 5.41) is 3.00. The molecule has 0 unspecified atom stereocenters. The quantitative estimate of drug-likeness (QED) is 0.930. The molecule has 1 fully saturated rings. The summed E-state index contributed by atoms with van der Waals surface area (Å²) < 4.78 is 7.28. The molecule has 1 amide bonds. The highest BCUT2D eigenvalue weighted by Gasteiger charge is 2.29.